The van der Waals surface area contributed by atoms with Crippen molar-refractivity contribution in [2.24, 2.45) is 0 Å². The lowest BCUT2D eigenvalue weighted by Gasteiger charge is -2.18. The van der Waals surface area contributed by atoms with Crippen molar-refractivity contribution in [1.82, 2.24) is 15.0 Å². The molecule has 0 amide bonds. The van der Waals surface area contributed by atoms with E-state index in [9.17, 15) is 5.26 Å². The first kappa shape index (κ1) is 30.2. The van der Waals surface area contributed by atoms with E-state index < -0.39 is 0 Å². The number of nitrogens with zero attached hydrogens (tertiary/aromatic N) is 4. The number of aromatic nitrogens is 3. The van der Waals surface area contributed by atoms with Crippen LogP contribution in [-0.4, -0.2) is 15.0 Å². The maximum atomic E-state index is 9.44. The Balaban J connectivity index is 1.23. The third-order valence-corrected chi connectivity index (χ3v) is 10.8. The van der Waals surface area contributed by atoms with Gasteiger partial charge in [0.1, 0.15) is 0 Å². The molecule has 11 rings (SSSR count). The van der Waals surface area contributed by atoms with E-state index in [-0.39, 0.29) is 0 Å². The lowest BCUT2D eigenvalue weighted by atomic mass is 9.86. The van der Waals surface area contributed by atoms with Gasteiger partial charge in [-0.3, -0.25) is 0 Å². The summed E-state index contributed by atoms with van der Waals surface area (Å²) in [5.74, 6) is 1.73. The van der Waals surface area contributed by atoms with Crippen molar-refractivity contribution in [3.63, 3.8) is 0 Å². The SMILES string of the molecule is N#Cc1ccc(-c2nc(-c3ccccc3)nc(-c3ccccc3-c3cc4ccc5cccc6c7cccc8ccc9cccc(c(c3)c4c56)c9c87)n2)cc1. The van der Waals surface area contributed by atoms with Crippen molar-refractivity contribution >= 4 is 64.6 Å². The molecule has 0 saturated heterocycles. The Kier molecular flexibility index (Phi) is 6.58. The van der Waals surface area contributed by atoms with E-state index in [0.29, 0.717) is 23.0 Å². The number of rotatable bonds is 4. The molecule has 0 unspecified atom stereocenters. The van der Waals surface area contributed by atoms with Gasteiger partial charge in [-0.2, -0.15) is 5.26 Å². The number of fused-ring (bicyclic) bond motifs is 2. The van der Waals surface area contributed by atoms with E-state index in [0.717, 1.165) is 27.8 Å². The number of benzene rings is 9. The first-order valence-corrected chi connectivity index (χ1v) is 18.1. The first-order valence-electron chi connectivity index (χ1n) is 18.1. The van der Waals surface area contributed by atoms with Gasteiger partial charge in [-0.25, -0.2) is 15.0 Å². The van der Waals surface area contributed by atoms with Crippen molar-refractivity contribution in [2.75, 3.05) is 0 Å². The van der Waals surface area contributed by atoms with Crippen LogP contribution in [0.5, 0.6) is 0 Å². The van der Waals surface area contributed by atoms with E-state index in [1.165, 1.54) is 64.6 Å². The monoisotopic (exact) mass is 684 g/mol. The minimum atomic E-state index is 0.553. The van der Waals surface area contributed by atoms with Crippen LogP contribution in [0.15, 0.2) is 170 Å². The molecule has 0 radical (unpaired) electrons. The van der Waals surface area contributed by atoms with E-state index in [1.54, 1.807) is 12.1 Å². The molecule has 4 nitrogen and oxygen atoms in total. The predicted molar refractivity (Wildman–Crippen MR) is 223 cm³/mol. The van der Waals surface area contributed by atoms with Gasteiger partial charge in [0.05, 0.1) is 11.6 Å². The van der Waals surface area contributed by atoms with Gasteiger partial charge in [-0.15, -0.1) is 0 Å². The molecule has 1 heterocycles. The van der Waals surface area contributed by atoms with E-state index >= 15 is 0 Å². The second kappa shape index (κ2) is 11.8. The fourth-order valence-corrected chi connectivity index (χ4v) is 8.41. The van der Waals surface area contributed by atoms with Crippen molar-refractivity contribution in [2.45, 2.75) is 0 Å². The summed E-state index contributed by atoms with van der Waals surface area (Å²) in [6.45, 7) is 0. The third kappa shape index (κ3) is 4.59. The molecule has 0 atom stereocenters. The van der Waals surface area contributed by atoms with Crippen molar-refractivity contribution < 1.29 is 0 Å². The second-order valence-electron chi connectivity index (χ2n) is 13.9. The summed E-state index contributed by atoms with van der Waals surface area (Å²) in [5, 5.41) is 24.4. The molecule has 0 fully saturated rings. The Bertz CT molecular complexity index is 3320. The van der Waals surface area contributed by atoms with E-state index in [2.05, 4.69) is 115 Å². The molecular formula is C50H28N4. The quantitative estimate of drug-likeness (QED) is 0.173. The fraction of sp³-hybridized carbons (Fsp3) is 0. The Morgan fingerprint density at radius 2 is 0.815 bits per heavy atom. The van der Waals surface area contributed by atoms with Gasteiger partial charge in [-0.1, -0.05) is 133 Å². The van der Waals surface area contributed by atoms with Gasteiger partial charge in [0, 0.05) is 16.7 Å². The summed E-state index contributed by atoms with van der Waals surface area (Å²) in [6.07, 6.45) is 0. The highest BCUT2D eigenvalue weighted by Crippen LogP contribution is 2.45. The zero-order valence-corrected chi connectivity index (χ0v) is 29.0. The molecule has 11 aromatic rings. The normalized spacial score (nSPS) is 11.7. The zero-order valence-electron chi connectivity index (χ0n) is 29.0. The highest BCUT2D eigenvalue weighted by molar-refractivity contribution is 6.37. The summed E-state index contributed by atoms with van der Waals surface area (Å²) in [7, 11) is 0. The maximum absolute atomic E-state index is 9.44. The summed E-state index contributed by atoms with van der Waals surface area (Å²) < 4.78 is 0. The zero-order chi connectivity index (χ0) is 35.8. The lowest BCUT2D eigenvalue weighted by molar-refractivity contribution is 1.07. The van der Waals surface area contributed by atoms with E-state index in [4.69, 9.17) is 15.0 Å². The van der Waals surface area contributed by atoms with E-state index in [1.807, 2.05) is 48.5 Å². The van der Waals surface area contributed by atoms with Crippen LogP contribution in [-0.2, 0) is 0 Å². The highest BCUT2D eigenvalue weighted by Gasteiger charge is 2.19. The number of hydrogen-bond donors (Lipinski definition) is 0. The fourth-order valence-electron chi connectivity index (χ4n) is 8.41. The third-order valence-electron chi connectivity index (χ3n) is 10.8. The molecule has 0 aliphatic carbocycles. The van der Waals surface area contributed by atoms with Gasteiger partial charge in [0.25, 0.3) is 0 Å². The average Bonchev–Trinajstić information content (AvgIpc) is 3.25. The summed E-state index contributed by atoms with van der Waals surface area (Å²) >= 11 is 0. The Morgan fingerprint density at radius 1 is 0.333 bits per heavy atom. The molecule has 0 N–H and O–H groups in total. The minimum absolute atomic E-state index is 0.553. The Hall–Kier alpha value is -7.48. The molecule has 10 aromatic carbocycles. The smallest absolute Gasteiger partial charge is 0.164 e. The van der Waals surface area contributed by atoms with Crippen molar-refractivity contribution in [1.29, 1.82) is 5.26 Å². The van der Waals surface area contributed by atoms with Crippen LogP contribution in [0.4, 0.5) is 0 Å². The molecule has 248 valence electrons. The van der Waals surface area contributed by atoms with Crippen LogP contribution in [0, 0.1) is 11.3 Å². The highest BCUT2D eigenvalue weighted by atomic mass is 15.0. The van der Waals surface area contributed by atoms with Gasteiger partial charge in [0.2, 0.25) is 0 Å². The predicted octanol–water partition coefficient (Wildman–Crippen LogP) is 12.8. The molecule has 1 aromatic heterocycles. The summed E-state index contributed by atoms with van der Waals surface area (Å²) in [4.78, 5) is 15.1. The molecular weight excluding hydrogens is 657 g/mol. The summed E-state index contributed by atoms with van der Waals surface area (Å²) in [5.41, 5.74) is 5.35. The average molecular weight is 685 g/mol. The first-order chi connectivity index (χ1) is 26.7. The van der Waals surface area contributed by atoms with Gasteiger partial charge in [0.15, 0.2) is 17.5 Å². The molecule has 54 heavy (non-hydrogen) atoms. The lowest BCUT2D eigenvalue weighted by Crippen LogP contribution is -2.01. The van der Waals surface area contributed by atoms with Crippen LogP contribution in [0.25, 0.3) is 110 Å². The van der Waals surface area contributed by atoms with Crippen LogP contribution in [0.1, 0.15) is 5.56 Å². The molecule has 0 saturated carbocycles. The van der Waals surface area contributed by atoms with Crippen LogP contribution in [0.2, 0.25) is 0 Å². The topological polar surface area (TPSA) is 62.5 Å². The molecule has 0 aliphatic rings. The Morgan fingerprint density at radius 3 is 1.41 bits per heavy atom. The molecule has 0 bridgehead atoms. The number of nitriles is 1. The largest absolute Gasteiger partial charge is 0.208 e. The van der Waals surface area contributed by atoms with Gasteiger partial charge in [-0.05, 0) is 112 Å². The minimum Gasteiger partial charge on any atom is -0.208 e. The van der Waals surface area contributed by atoms with Gasteiger partial charge < -0.3 is 0 Å². The van der Waals surface area contributed by atoms with Crippen LogP contribution < -0.4 is 0 Å². The number of hydrogen-bond acceptors (Lipinski definition) is 4. The van der Waals surface area contributed by atoms with Gasteiger partial charge >= 0.3 is 0 Å². The maximum Gasteiger partial charge on any atom is 0.164 e. The molecule has 0 spiro atoms. The van der Waals surface area contributed by atoms with Crippen LogP contribution in [0.3, 0.4) is 0 Å². The molecule has 0 aliphatic heterocycles. The van der Waals surface area contributed by atoms with Crippen LogP contribution >= 0.6 is 0 Å². The van der Waals surface area contributed by atoms with Crippen molar-refractivity contribution in [3.05, 3.63) is 175 Å². The summed E-state index contributed by atoms with van der Waals surface area (Å²) in [6, 6.07) is 61.9. The second-order valence-corrected chi connectivity index (χ2v) is 13.9. The molecule has 4 heteroatoms. The Labute approximate surface area is 310 Å². The standard InChI is InChI=1S/C50H28N4/c51-29-30-19-21-35(22-20-30)49-52-48(34-9-2-1-3-10-34)53-50(54-49)42-15-5-4-14-38(42)37-27-36-26-25-33-12-7-17-40-39-16-6-11-31-23-24-32-13-8-18-41(46(32)44(31)39)43(28-37)47(36)45(33)40/h1-28H. The van der Waals surface area contributed by atoms with Crippen molar-refractivity contribution in [3.8, 4) is 51.4 Å².